The Morgan fingerprint density at radius 3 is 3.22 bits per heavy atom. The summed E-state index contributed by atoms with van der Waals surface area (Å²) in [7, 11) is 1.98. The molecule has 0 radical (unpaired) electrons. The van der Waals surface area contributed by atoms with E-state index in [1.807, 2.05) is 19.2 Å². The van der Waals surface area contributed by atoms with E-state index in [4.69, 9.17) is 0 Å². The summed E-state index contributed by atoms with van der Waals surface area (Å²) in [4.78, 5) is 6.73. The smallest absolute Gasteiger partial charge is 0.146 e. The van der Waals surface area contributed by atoms with Gasteiger partial charge in [-0.05, 0) is 51.4 Å². The molecule has 4 nitrogen and oxygen atoms in total. The van der Waals surface area contributed by atoms with Crippen LogP contribution in [-0.4, -0.2) is 31.2 Å². The SMILES string of the molecule is CNCCC1CCCCN1c1ncccc1C#N. The Morgan fingerprint density at radius 2 is 2.44 bits per heavy atom. The van der Waals surface area contributed by atoms with Crippen LogP contribution in [0.4, 0.5) is 5.82 Å². The number of hydrogen-bond donors (Lipinski definition) is 1. The van der Waals surface area contributed by atoms with Gasteiger partial charge in [0.15, 0.2) is 0 Å². The number of anilines is 1. The third-order valence-corrected chi connectivity index (χ3v) is 3.53. The number of piperidine rings is 1. The van der Waals surface area contributed by atoms with Crippen LogP contribution in [0.3, 0.4) is 0 Å². The number of rotatable bonds is 4. The molecule has 96 valence electrons. The zero-order chi connectivity index (χ0) is 12.8. The van der Waals surface area contributed by atoms with Crippen molar-refractivity contribution in [3.05, 3.63) is 23.9 Å². The van der Waals surface area contributed by atoms with Crippen LogP contribution in [0.2, 0.25) is 0 Å². The quantitative estimate of drug-likeness (QED) is 0.879. The highest BCUT2D eigenvalue weighted by molar-refractivity contribution is 5.54. The van der Waals surface area contributed by atoms with Crippen LogP contribution < -0.4 is 10.2 Å². The molecule has 2 rings (SSSR count). The lowest BCUT2D eigenvalue weighted by molar-refractivity contribution is 0.430. The van der Waals surface area contributed by atoms with Gasteiger partial charge in [-0.1, -0.05) is 0 Å². The van der Waals surface area contributed by atoms with Crippen LogP contribution >= 0.6 is 0 Å². The van der Waals surface area contributed by atoms with Crippen molar-refractivity contribution in [2.24, 2.45) is 0 Å². The van der Waals surface area contributed by atoms with Gasteiger partial charge in [-0.2, -0.15) is 5.26 Å². The van der Waals surface area contributed by atoms with E-state index in [0.717, 1.165) is 25.3 Å². The average Bonchev–Trinajstić information content (AvgIpc) is 2.45. The van der Waals surface area contributed by atoms with E-state index in [9.17, 15) is 5.26 Å². The highest BCUT2D eigenvalue weighted by Crippen LogP contribution is 2.26. The molecule has 0 spiro atoms. The average molecular weight is 244 g/mol. The van der Waals surface area contributed by atoms with Gasteiger partial charge >= 0.3 is 0 Å². The minimum absolute atomic E-state index is 0.508. The first-order chi connectivity index (χ1) is 8.86. The van der Waals surface area contributed by atoms with E-state index in [1.165, 1.54) is 19.3 Å². The molecule has 4 heteroatoms. The Balaban J connectivity index is 2.20. The first kappa shape index (κ1) is 12.8. The van der Waals surface area contributed by atoms with Crippen molar-refractivity contribution in [2.45, 2.75) is 31.7 Å². The molecule has 0 aromatic carbocycles. The molecule has 1 aliphatic rings. The minimum atomic E-state index is 0.508. The first-order valence-corrected chi connectivity index (χ1v) is 6.63. The summed E-state index contributed by atoms with van der Waals surface area (Å²) >= 11 is 0. The molecule has 1 aromatic heterocycles. The molecule has 1 aliphatic heterocycles. The fraction of sp³-hybridized carbons (Fsp3) is 0.571. The fourth-order valence-corrected chi connectivity index (χ4v) is 2.60. The molecule has 1 saturated heterocycles. The molecule has 1 N–H and O–H groups in total. The third kappa shape index (κ3) is 2.80. The fourth-order valence-electron chi connectivity index (χ4n) is 2.60. The van der Waals surface area contributed by atoms with E-state index >= 15 is 0 Å². The van der Waals surface area contributed by atoms with Crippen LogP contribution in [0.1, 0.15) is 31.2 Å². The second-order valence-corrected chi connectivity index (χ2v) is 4.72. The Bertz CT molecular complexity index is 424. The topological polar surface area (TPSA) is 52.0 Å². The number of nitrogens with zero attached hydrogens (tertiary/aromatic N) is 3. The number of aromatic nitrogens is 1. The van der Waals surface area contributed by atoms with Crippen molar-refractivity contribution >= 4 is 5.82 Å². The molecule has 0 amide bonds. The third-order valence-electron chi connectivity index (χ3n) is 3.53. The van der Waals surface area contributed by atoms with Gasteiger partial charge in [0.25, 0.3) is 0 Å². The number of nitrogens with one attached hydrogen (secondary N) is 1. The van der Waals surface area contributed by atoms with Crippen molar-refractivity contribution in [2.75, 3.05) is 25.0 Å². The largest absolute Gasteiger partial charge is 0.352 e. The Morgan fingerprint density at radius 1 is 1.56 bits per heavy atom. The number of hydrogen-bond acceptors (Lipinski definition) is 4. The maximum Gasteiger partial charge on any atom is 0.146 e. The highest BCUT2D eigenvalue weighted by Gasteiger charge is 2.24. The van der Waals surface area contributed by atoms with E-state index in [2.05, 4.69) is 21.3 Å². The van der Waals surface area contributed by atoms with Crippen molar-refractivity contribution in [3.8, 4) is 6.07 Å². The minimum Gasteiger partial charge on any atom is -0.352 e. The van der Waals surface area contributed by atoms with Gasteiger partial charge in [0.1, 0.15) is 11.9 Å². The first-order valence-electron chi connectivity index (χ1n) is 6.63. The predicted molar refractivity (Wildman–Crippen MR) is 72.5 cm³/mol. The molecule has 18 heavy (non-hydrogen) atoms. The van der Waals surface area contributed by atoms with Crippen LogP contribution in [0.5, 0.6) is 0 Å². The van der Waals surface area contributed by atoms with Crippen LogP contribution in [0.15, 0.2) is 18.3 Å². The van der Waals surface area contributed by atoms with Gasteiger partial charge in [0.2, 0.25) is 0 Å². The lowest BCUT2D eigenvalue weighted by atomic mass is 9.98. The Labute approximate surface area is 109 Å². The zero-order valence-corrected chi connectivity index (χ0v) is 10.9. The molecule has 1 atom stereocenters. The van der Waals surface area contributed by atoms with Gasteiger partial charge < -0.3 is 10.2 Å². The summed E-state index contributed by atoms with van der Waals surface area (Å²) in [6, 6.07) is 6.44. The summed E-state index contributed by atoms with van der Waals surface area (Å²) in [6.07, 6.45) is 6.55. The van der Waals surface area contributed by atoms with Crippen LogP contribution in [-0.2, 0) is 0 Å². The molecule has 0 aliphatic carbocycles. The van der Waals surface area contributed by atoms with Crippen molar-refractivity contribution < 1.29 is 0 Å². The van der Waals surface area contributed by atoms with Gasteiger partial charge in [0.05, 0.1) is 5.56 Å². The molecular formula is C14H20N4. The Hall–Kier alpha value is -1.60. The van der Waals surface area contributed by atoms with Crippen molar-refractivity contribution in [1.82, 2.24) is 10.3 Å². The summed E-state index contributed by atoms with van der Waals surface area (Å²) in [5, 5.41) is 12.4. The van der Waals surface area contributed by atoms with E-state index in [0.29, 0.717) is 11.6 Å². The lowest BCUT2D eigenvalue weighted by Crippen LogP contribution is -2.41. The Kier molecular flexibility index (Phi) is 4.54. The van der Waals surface area contributed by atoms with E-state index < -0.39 is 0 Å². The molecular weight excluding hydrogens is 224 g/mol. The molecule has 1 aromatic rings. The predicted octanol–water partition coefficient (Wildman–Crippen LogP) is 1.92. The molecule has 2 heterocycles. The standard InChI is InChI=1S/C14H20N4/c1-16-9-7-13-6-2-3-10-18(13)14-12(11-15)5-4-8-17-14/h4-5,8,13,16H,2-3,6-7,9-10H2,1H3. The highest BCUT2D eigenvalue weighted by atomic mass is 15.2. The molecule has 1 unspecified atom stereocenters. The lowest BCUT2D eigenvalue weighted by Gasteiger charge is -2.37. The summed E-state index contributed by atoms with van der Waals surface area (Å²) in [5.74, 6) is 0.862. The van der Waals surface area contributed by atoms with Crippen LogP contribution in [0, 0.1) is 11.3 Å². The second kappa shape index (κ2) is 6.36. The van der Waals surface area contributed by atoms with Crippen molar-refractivity contribution in [3.63, 3.8) is 0 Å². The van der Waals surface area contributed by atoms with Gasteiger partial charge in [-0.25, -0.2) is 4.98 Å². The van der Waals surface area contributed by atoms with E-state index in [1.54, 1.807) is 6.20 Å². The van der Waals surface area contributed by atoms with Crippen LogP contribution in [0.25, 0.3) is 0 Å². The normalized spacial score (nSPS) is 19.6. The maximum absolute atomic E-state index is 9.18. The van der Waals surface area contributed by atoms with Gasteiger partial charge in [0, 0.05) is 18.8 Å². The number of nitriles is 1. The molecule has 0 bridgehead atoms. The zero-order valence-electron chi connectivity index (χ0n) is 10.9. The summed E-state index contributed by atoms with van der Waals surface area (Å²) < 4.78 is 0. The van der Waals surface area contributed by atoms with E-state index in [-0.39, 0.29) is 0 Å². The summed E-state index contributed by atoms with van der Waals surface area (Å²) in [5.41, 5.74) is 0.689. The number of pyridine rings is 1. The molecule has 1 fully saturated rings. The monoisotopic (exact) mass is 244 g/mol. The summed E-state index contributed by atoms with van der Waals surface area (Å²) in [6.45, 7) is 2.02. The van der Waals surface area contributed by atoms with Crippen molar-refractivity contribution in [1.29, 1.82) is 5.26 Å². The van der Waals surface area contributed by atoms with Gasteiger partial charge in [-0.15, -0.1) is 0 Å². The molecule has 0 saturated carbocycles. The second-order valence-electron chi connectivity index (χ2n) is 4.72. The maximum atomic E-state index is 9.18. The van der Waals surface area contributed by atoms with Gasteiger partial charge in [-0.3, -0.25) is 0 Å².